The van der Waals surface area contributed by atoms with Gasteiger partial charge in [0.25, 0.3) is 0 Å². The second-order valence-corrected chi connectivity index (χ2v) is 11.3. The minimum absolute atomic E-state index is 0.195. The predicted octanol–water partition coefficient (Wildman–Crippen LogP) is 4.55. The molecule has 202 valence electrons. The number of nitrogens with zero attached hydrogens (tertiary/aromatic N) is 5. The van der Waals surface area contributed by atoms with E-state index in [1.807, 2.05) is 12.3 Å². The molecule has 0 bridgehead atoms. The molecular weight excluding hydrogens is 476 g/mol. The molecule has 2 aromatic heterocycles. The zero-order chi connectivity index (χ0) is 26.1. The number of β-amino-alcohol motifs (C(OH)–C–C–N with tert-alkyl or cyclic N) is 1. The van der Waals surface area contributed by atoms with Crippen LogP contribution in [0.3, 0.4) is 0 Å². The summed E-state index contributed by atoms with van der Waals surface area (Å²) >= 11 is 0. The molecule has 8 nitrogen and oxygen atoms in total. The van der Waals surface area contributed by atoms with E-state index in [0.29, 0.717) is 11.9 Å². The smallest absolute Gasteiger partial charge is 0.229 e. The quantitative estimate of drug-likeness (QED) is 0.409. The highest BCUT2D eigenvalue weighted by molar-refractivity contribution is 5.60. The van der Waals surface area contributed by atoms with E-state index in [1.54, 1.807) is 0 Å². The highest BCUT2D eigenvalue weighted by Crippen LogP contribution is 2.43. The van der Waals surface area contributed by atoms with Crippen LogP contribution in [0.5, 0.6) is 5.75 Å². The fourth-order valence-corrected chi connectivity index (χ4v) is 5.95. The predicted molar refractivity (Wildman–Crippen MR) is 150 cm³/mol. The average Bonchev–Trinajstić information content (AvgIpc) is 3.24. The topological polar surface area (TPSA) is 78.7 Å². The fourth-order valence-electron chi connectivity index (χ4n) is 5.95. The van der Waals surface area contributed by atoms with Crippen molar-refractivity contribution in [3.8, 4) is 11.6 Å². The minimum atomic E-state index is -0.195. The van der Waals surface area contributed by atoms with Gasteiger partial charge < -0.3 is 19.7 Å². The number of nitrogens with one attached hydrogen (secondary N) is 1. The molecule has 6 rings (SSSR count). The summed E-state index contributed by atoms with van der Waals surface area (Å²) in [6, 6.07) is 6.17. The van der Waals surface area contributed by atoms with Gasteiger partial charge in [-0.1, -0.05) is 0 Å². The lowest BCUT2D eigenvalue weighted by atomic mass is 10.1. The first-order valence-electron chi connectivity index (χ1n) is 14.2. The molecule has 0 amide bonds. The van der Waals surface area contributed by atoms with Gasteiger partial charge in [-0.3, -0.25) is 9.80 Å². The van der Waals surface area contributed by atoms with Crippen LogP contribution in [0.25, 0.3) is 5.82 Å². The third kappa shape index (κ3) is 5.87. The van der Waals surface area contributed by atoms with Crippen LogP contribution in [-0.4, -0.2) is 74.9 Å². The Hall–Kier alpha value is -2.94. The van der Waals surface area contributed by atoms with E-state index < -0.39 is 0 Å². The van der Waals surface area contributed by atoms with Crippen LogP contribution in [-0.2, 0) is 6.54 Å². The van der Waals surface area contributed by atoms with Gasteiger partial charge in [-0.05, 0) is 105 Å². The molecule has 3 fully saturated rings. The van der Waals surface area contributed by atoms with Gasteiger partial charge >= 0.3 is 0 Å². The lowest BCUT2D eigenvalue weighted by Gasteiger charge is -2.18. The fraction of sp³-hybridized carbons (Fsp3) is 0.533. The normalized spacial score (nSPS) is 20.3. The van der Waals surface area contributed by atoms with Crippen LogP contribution in [0.15, 0.2) is 36.8 Å². The number of benzene rings is 1. The van der Waals surface area contributed by atoms with Gasteiger partial charge in [0, 0.05) is 50.5 Å². The van der Waals surface area contributed by atoms with Gasteiger partial charge in [-0.25, -0.2) is 4.98 Å². The largest absolute Gasteiger partial charge is 0.492 e. The molecule has 1 saturated carbocycles. The molecule has 0 radical (unpaired) electrons. The third-order valence-electron chi connectivity index (χ3n) is 8.08. The lowest BCUT2D eigenvalue weighted by molar-refractivity contribution is 0.174. The second kappa shape index (κ2) is 11.0. The molecule has 8 heteroatoms. The highest BCUT2D eigenvalue weighted by atomic mass is 16.5. The van der Waals surface area contributed by atoms with Gasteiger partial charge in [-0.2, -0.15) is 4.98 Å². The van der Waals surface area contributed by atoms with Crippen molar-refractivity contribution >= 4 is 11.6 Å². The Morgan fingerprint density at radius 1 is 1.03 bits per heavy atom. The van der Waals surface area contributed by atoms with Gasteiger partial charge in [0.15, 0.2) is 0 Å². The number of aromatic nitrogens is 3. The number of anilines is 2. The van der Waals surface area contributed by atoms with E-state index in [1.165, 1.54) is 49.9 Å². The second-order valence-electron chi connectivity index (χ2n) is 11.3. The number of hydrogen-bond donors (Lipinski definition) is 2. The third-order valence-corrected chi connectivity index (χ3v) is 8.08. The number of likely N-dealkylation sites (tertiary alicyclic amines) is 2. The number of aliphatic hydroxyl groups excluding tert-OH is 1. The Bertz CT molecular complexity index is 1240. The van der Waals surface area contributed by atoms with Crippen LogP contribution in [0.1, 0.15) is 60.3 Å². The molecule has 2 aliphatic heterocycles. The average molecular weight is 517 g/mol. The minimum Gasteiger partial charge on any atom is -0.492 e. The van der Waals surface area contributed by atoms with Crippen LogP contribution in [0.4, 0.5) is 11.6 Å². The monoisotopic (exact) mass is 516 g/mol. The first-order chi connectivity index (χ1) is 18.5. The van der Waals surface area contributed by atoms with E-state index in [-0.39, 0.29) is 6.10 Å². The zero-order valence-corrected chi connectivity index (χ0v) is 22.7. The zero-order valence-electron chi connectivity index (χ0n) is 22.7. The summed E-state index contributed by atoms with van der Waals surface area (Å²) in [6.07, 6.45) is 12.1. The summed E-state index contributed by atoms with van der Waals surface area (Å²) in [4.78, 5) is 14.2. The maximum Gasteiger partial charge on any atom is 0.229 e. The van der Waals surface area contributed by atoms with E-state index in [0.717, 1.165) is 67.6 Å². The summed E-state index contributed by atoms with van der Waals surface area (Å²) in [5.41, 5.74) is 5.96. The Balaban J connectivity index is 1.15. The van der Waals surface area contributed by atoms with Crippen LogP contribution >= 0.6 is 0 Å². The molecule has 1 atom stereocenters. The molecule has 3 aromatic rings. The number of aliphatic hydroxyl groups is 1. The van der Waals surface area contributed by atoms with Gasteiger partial charge in [0.2, 0.25) is 5.95 Å². The summed E-state index contributed by atoms with van der Waals surface area (Å²) in [6.45, 7) is 10.9. The first kappa shape index (κ1) is 25.3. The van der Waals surface area contributed by atoms with Crippen LogP contribution in [0.2, 0.25) is 0 Å². The SMILES string of the molecule is Cc1cc(Nc2nccc(-n3cc(CN4CC[C@@H](O)C4)c(C4CC4)c3)n2)cc(C)c1OCCN1CCCC1. The molecule has 38 heavy (non-hydrogen) atoms. The molecule has 0 unspecified atom stereocenters. The van der Waals surface area contributed by atoms with Crippen molar-refractivity contribution in [3.63, 3.8) is 0 Å². The Labute approximate surface area is 225 Å². The Morgan fingerprint density at radius 2 is 1.82 bits per heavy atom. The number of ether oxygens (including phenoxy) is 1. The van der Waals surface area contributed by atoms with Crippen molar-refractivity contribution in [2.75, 3.05) is 44.6 Å². The van der Waals surface area contributed by atoms with Crippen molar-refractivity contribution in [1.82, 2.24) is 24.3 Å². The first-order valence-corrected chi connectivity index (χ1v) is 14.2. The highest BCUT2D eigenvalue weighted by Gasteiger charge is 2.29. The molecule has 2 N–H and O–H groups in total. The maximum atomic E-state index is 9.95. The molecule has 2 saturated heterocycles. The van der Waals surface area contributed by atoms with Gasteiger partial charge in [0.05, 0.1) is 6.10 Å². The van der Waals surface area contributed by atoms with Crippen molar-refractivity contribution in [1.29, 1.82) is 0 Å². The van der Waals surface area contributed by atoms with Crippen molar-refractivity contribution < 1.29 is 9.84 Å². The molecule has 1 aromatic carbocycles. The molecule has 3 aliphatic rings. The number of aryl methyl sites for hydroxylation is 2. The Kier molecular flexibility index (Phi) is 7.37. The Morgan fingerprint density at radius 3 is 2.53 bits per heavy atom. The van der Waals surface area contributed by atoms with E-state index >= 15 is 0 Å². The van der Waals surface area contributed by atoms with Crippen molar-refractivity contribution in [2.45, 2.75) is 64.5 Å². The molecule has 0 spiro atoms. The number of hydrogen-bond acceptors (Lipinski definition) is 7. The van der Waals surface area contributed by atoms with Crippen molar-refractivity contribution in [3.05, 3.63) is 59.0 Å². The van der Waals surface area contributed by atoms with Crippen LogP contribution < -0.4 is 10.1 Å². The summed E-state index contributed by atoms with van der Waals surface area (Å²) < 4.78 is 8.32. The molecule has 1 aliphatic carbocycles. The van der Waals surface area contributed by atoms with E-state index in [9.17, 15) is 5.11 Å². The van der Waals surface area contributed by atoms with Gasteiger partial charge in [-0.15, -0.1) is 0 Å². The lowest BCUT2D eigenvalue weighted by Crippen LogP contribution is -2.25. The standard InChI is InChI=1S/C30H40N6O2/c1-21-15-25(16-22(2)29(21)38-14-13-34-10-3-4-11-34)32-30-31-9-7-28(33-30)36-18-24(27(20-36)23-5-6-23)17-35-12-8-26(37)19-35/h7,9,15-16,18,20,23,26,37H,3-6,8,10-14,17,19H2,1-2H3,(H,31,32,33)/t26-/m1/s1. The van der Waals surface area contributed by atoms with Gasteiger partial charge in [0.1, 0.15) is 18.2 Å². The van der Waals surface area contributed by atoms with Crippen LogP contribution in [0, 0.1) is 13.8 Å². The molecule has 4 heterocycles. The maximum absolute atomic E-state index is 9.95. The molecular formula is C30H40N6O2. The van der Waals surface area contributed by atoms with E-state index in [2.05, 4.69) is 63.0 Å². The summed E-state index contributed by atoms with van der Waals surface area (Å²) in [5.74, 6) is 3.06. The summed E-state index contributed by atoms with van der Waals surface area (Å²) in [7, 11) is 0. The van der Waals surface area contributed by atoms with E-state index in [4.69, 9.17) is 9.72 Å². The number of rotatable bonds is 10. The summed E-state index contributed by atoms with van der Waals surface area (Å²) in [5, 5.41) is 13.4. The van der Waals surface area contributed by atoms with Crippen molar-refractivity contribution in [2.24, 2.45) is 0 Å².